The Morgan fingerprint density at radius 3 is 2.16 bits per heavy atom. The van der Waals surface area contributed by atoms with Crippen molar-refractivity contribution in [1.82, 2.24) is 0 Å². The van der Waals surface area contributed by atoms with Crippen molar-refractivity contribution in [2.45, 2.75) is 6.92 Å². The predicted octanol–water partition coefficient (Wildman–Crippen LogP) is 2.41. The predicted molar refractivity (Wildman–Crippen MR) is 95.4 cm³/mol. The minimum Gasteiger partial charge on any atom is -0.465 e. The van der Waals surface area contributed by atoms with E-state index in [0.717, 1.165) is 11.8 Å². The lowest BCUT2D eigenvalue weighted by molar-refractivity contribution is 0.0600. The molecule has 132 valence electrons. The minimum absolute atomic E-state index is 0.342. The number of esters is 1. The Balaban J connectivity index is 2.17. The van der Waals surface area contributed by atoms with Crippen molar-refractivity contribution in [1.29, 1.82) is 0 Å². The van der Waals surface area contributed by atoms with Gasteiger partial charge in [0.05, 0.1) is 24.6 Å². The molecule has 0 aliphatic carbocycles. The highest BCUT2D eigenvalue weighted by Crippen LogP contribution is 2.21. The fourth-order valence-electron chi connectivity index (χ4n) is 2.09. The molecule has 7 nitrogen and oxygen atoms in total. The third kappa shape index (κ3) is 5.05. The molecule has 0 saturated heterocycles. The van der Waals surface area contributed by atoms with Crippen molar-refractivity contribution in [2.75, 3.05) is 23.4 Å². The average Bonchev–Trinajstić information content (AvgIpc) is 2.56. The average molecular weight is 362 g/mol. The van der Waals surface area contributed by atoms with Crippen molar-refractivity contribution in [2.24, 2.45) is 0 Å². The van der Waals surface area contributed by atoms with Gasteiger partial charge in [0.25, 0.3) is 5.91 Å². The van der Waals surface area contributed by atoms with Crippen LogP contribution in [0.1, 0.15) is 26.3 Å². The van der Waals surface area contributed by atoms with Crippen LogP contribution < -0.4 is 10.0 Å². The molecule has 0 unspecified atom stereocenters. The third-order valence-corrected chi connectivity index (χ3v) is 3.95. The van der Waals surface area contributed by atoms with E-state index >= 15 is 0 Å². The summed E-state index contributed by atoms with van der Waals surface area (Å²) in [4.78, 5) is 23.7. The monoisotopic (exact) mass is 362 g/mol. The molecule has 0 aliphatic heterocycles. The molecule has 0 aromatic heterocycles. The lowest BCUT2D eigenvalue weighted by atomic mass is 10.1. The van der Waals surface area contributed by atoms with Crippen LogP contribution in [0.3, 0.4) is 0 Å². The van der Waals surface area contributed by atoms with Gasteiger partial charge in [-0.1, -0.05) is 6.07 Å². The summed E-state index contributed by atoms with van der Waals surface area (Å²) in [5.74, 6) is -0.868. The quantitative estimate of drug-likeness (QED) is 0.795. The number of amides is 1. The van der Waals surface area contributed by atoms with Gasteiger partial charge >= 0.3 is 5.97 Å². The minimum atomic E-state index is -3.42. The second kappa shape index (κ2) is 7.35. The first-order valence-corrected chi connectivity index (χ1v) is 9.17. The van der Waals surface area contributed by atoms with Crippen molar-refractivity contribution in [3.05, 3.63) is 59.2 Å². The molecule has 0 fully saturated rings. The molecular formula is C17H18N2O5S. The summed E-state index contributed by atoms with van der Waals surface area (Å²) >= 11 is 0. The van der Waals surface area contributed by atoms with Crippen molar-refractivity contribution >= 4 is 33.3 Å². The van der Waals surface area contributed by atoms with Gasteiger partial charge in [0.1, 0.15) is 0 Å². The highest BCUT2D eigenvalue weighted by molar-refractivity contribution is 7.92. The standard InChI is InChI=1S/C17H18N2O5S/c1-11-4-9-14(10-15(11)19-25(3,22)23)18-16(20)12-5-7-13(8-6-12)17(21)24-2/h4-10,19H,1-3H3,(H,18,20). The molecule has 0 saturated carbocycles. The van der Waals surface area contributed by atoms with Gasteiger partial charge in [-0.2, -0.15) is 0 Å². The van der Waals surface area contributed by atoms with Crippen LogP contribution >= 0.6 is 0 Å². The summed E-state index contributed by atoms with van der Waals surface area (Å²) < 4.78 is 29.8. The van der Waals surface area contributed by atoms with E-state index < -0.39 is 16.0 Å². The molecule has 0 heterocycles. The summed E-state index contributed by atoms with van der Waals surface area (Å²) in [5.41, 5.74) is 2.26. The van der Waals surface area contributed by atoms with Gasteiger partial charge in [-0.05, 0) is 48.9 Å². The van der Waals surface area contributed by atoms with Crippen LogP contribution in [-0.2, 0) is 14.8 Å². The maximum absolute atomic E-state index is 12.3. The summed E-state index contributed by atoms with van der Waals surface area (Å²) in [6, 6.07) is 10.9. The Kier molecular flexibility index (Phi) is 5.43. The molecule has 0 atom stereocenters. The Morgan fingerprint density at radius 1 is 1.00 bits per heavy atom. The Bertz CT molecular complexity index is 905. The van der Waals surface area contributed by atoms with E-state index in [9.17, 15) is 18.0 Å². The lowest BCUT2D eigenvalue weighted by Crippen LogP contribution is -2.14. The number of rotatable bonds is 5. The molecule has 8 heteroatoms. The third-order valence-electron chi connectivity index (χ3n) is 3.36. The zero-order valence-corrected chi connectivity index (χ0v) is 14.8. The summed E-state index contributed by atoms with van der Waals surface area (Å²) in [6.07, 6.45) is 1.06. The van der Waals surface area contributed by atoms with Gasteiger partial charge in [-0.3, -0.25) is 9.52 Å². The van der Waals surface area contributed by atoms with Gasteiger partial charge in [0, 0.05) is 11.3 Å². The topological polar surface area (TPSA) is 102 Å². The van der Waals surface area contributed by atoms with E-state index in [1.807, 2.05) is 0 Å². The number of sulfonamides is 1. The summed E-state index contributed by atoms with van der Waals surface area (Å²) in [7, 11) is -2.14. The van der Waals surface area contributed by atoms with Crippen LogP contribution in [0.2, 0.25) is 0 Å². The van der Waals surface area contributed by atoms with Crippen LogP contribution in [0.15, 0.2) is 42.5 Å². The molecule has 2 aromatic rings. The van der Waals surface area contributed by atoms with Crippen molar-refractivity contribution in [3.63, 3.8) is 0 Å². The first kappa shape index (κ1) is 18.5. The number of aryl methyl sites for hydroxylation is 1. The highest BCUT2D eigenvalue weighted by Gasteiger charge is 2.11. The number of ether oxygens (including phenoxy) is 1. The van der Waals surface area contributed by atoms with Crippen LogP contribution in [0.4, 0.5) is 11.4 Å². The van der Waals surface area contributed by atoms with E-state index in [0.29, 0.717) is 22.5 Å². The van der Waals surface area contributed by atoms with Gasteiger partial charge in [0.2, 0.25) is 10.0 Å². The van der Waals surface area contributed by atoms with Gasteiger partial charge < -0.3 is 10.1 Å². The number of anilines is 2. The van der Waals surface area contributed by atoms with Crippen LogP contribution in [-0.4, -0.2) is 33.7 Å². The lowest BCUT2D eigenvalue weighted by Gasteiger charge is -2.11. The van der Waals surface area contributed by atoms with Gasteiger partial charge in [0.15, 0.2) is 0 Å². The Labute approximate surface area is 146 Å². The maximum atomic E-state index is 12.3. The van der Waals surface area contributed by atoms with Crippen LogP contribution in [0.25, 0.3) is 0 Å². The molecule has 0 spiro atoms. The molecule has 25 heavy (non-hydrogen) atoms. The first-order valence-electron chi connectivity index (χ1n) is 7.28. The zero-order valence-electron chi connectivity index (χ0n) is 14.0. The first-order chi connectivity index (χ1) is 11.7. The molecular weight excluding hydrogens is 344 g/mol. The molecule has 2 aromatic carbocycles. The Morgan fingerprint density at radius 2 is 1.60 bits per heavy atom. The second-order valence-electron chi connectivity index (χ2n) is 5.43. The highest BCUT2D eigenvalue weighted by atomic mass is 32.2. The van der Waals surface area contributed by atoms with Gasteiger partial charge in [-0.25, -0.2) is 13.2 Å². The van der Waals surface area contributed by atoms with Crippen LogP contribution in [0, 0.1) is 6.92 Å². The normalized spacial score (nSPS) is 10.8. The molecule has 2 rings (SSSR count). The second-order valence-corrected chi connectivity index (χ2v) is 7.18. The number of benzene rings is 2. The van der Waals surface area contributed by atoms with E-state index in [2.05, 4.69) is 14.8 Å². The van der Waals surface area contributed by atoms with E-state index in [-0.39, 0.29) is 5.91 Å². The number of hydrogen-bond donors (Lipinski definition) is 2. The largest absolute Gasteiger partial charge is 0.465 e. The number of carbonyl (C=O) groups excluding carboxylic acids is 2. The number of carbonyl (C=O) groups is 2. The smallest absolute Gasteiger partial charge is 0.337 e. The summed E-state index contributed by atoms with van der Waals surface area (Å²) in [5, 5.41) is 2.68. The fourth-order valence-corrected chi connectivity index (χ4v) is 2.71. The van der Waals surface area contributed by atoms with Crippen molar-refractivity contribution < 1.29 is 22.7 Å². The van der Waals surface area contributed by atoms with E-state index in [1.165, 1.54) is 37.4 Å². The molecule has 2 N–H and O–H groups in total. The number of hydrogen-bond acceptors (Lipinski definition) is 5. The molecule has 1 amide bonds. The maximum Gasteiger partial charge on any atom is 0.337 e. The van der Waals surface area contributed by atoms with Crippen molar-refractivity contribution in [3.8, 4) is 0 Å². The fraction of sp³-hybridized carbons (Fsp3) is 0.176. The molecule has 0 bridgehead atoms. The van der Waals surface area contributed by atoms with E-state index in [1.54, 1.807) is 19.1 Å². The SMILES string of the molecule is COC(=O)c1ccc(C(=O)Nc2ccc(C)c(NS(C)(=O)=O)c2)cc1. The summed E-state index contributed by atoms with van der Waals surface area (Å²) in [6.45, 7) is 1.75. The van der Waals surface area contributed by atoms with Crippen LogP contribution in [0.5, 0.6) is 0 Å². The number of methoxy groups -OCH3 is 1. The van der Waals surface area contributed by atoms with Gasteiger partial charge in [-0.15, -0.1) is 0 Å². The number of nitrogens with one attached hydrogen (secondary N) is 2. The molecule has 0 aliphatic rings. The molecule has 0 radical (unpaired) electrons. The van der Waals surface area contributed by atoms with E-state index in [4.69, 9.17) is 0 Å². The zero-order chi connectivity index (χ0) is 18.6. The Hall–Kier alpha value is -2.87.